The van der Waals surface area contributed by atoms with Gasteiger partial charge in [-0.05, 0) is 57.5 Å². The van der Waals surface area contributed by atoms with E-state index in [2.05, 4.69) is 27.0 Å². The van der Waals surface area contributed by atoms with E-state index in [0.717, 1.165) is 18.9 Å². The number of nitrogen functional groups attached to an aromatic ring is 1. The third-order valence-electron chi connectivity index (χ3n) is 4.00. The highest BCUT2D eigenvalue weighted by atomic mass is 16.5. The van der Waals surface area contributed by atoms with Gasteiger partial charge in [0, 0.05) is 6.54 Å². The van der Waals surface area contributed by atoms with Crippen LogP contribution in [-0.2, 0) is 4.74 Å². The van der Waals surface area contributed by atoms with Crippen LogP contribution in [0.4, 0.5) is 11.5 Å². The summed E-state index contributed by atoms with van der Waals surface area (Å²) in [4.78, 5) is 18.1. The Morgan fingerprint density at radius 2 is 2.19 bits per heavy atom. The van der Waals surface area contributed by atoms with Gasteiger partial charge in [-0.1, -0.05) is 0 Å². The van der Waals surface area contributed by atoms with E-state index in [1.54, 1.807) is 12.1 Å². The maximum absolute atomic E-state index is 11.5. The number of methoxy groups -OCH3 is 1. The Morgan fingerprint density at radius 3 is 2.86 bits per heavy atom. The van der Waals surface area contributed by atoms with E-state index >= 15 is 0 Å². The molecule has 3 N–H and O–H groups in total. The Morgan fingerprint density at radius 1 is 1.48 bits per heavy atom. The maximum atomic E-state index is 11.5. The van der Waals surface area contributed by atoms with Gasteiger partial charge in [0.1, 0.15) is 5.82 Å². The molecule has 6 nitrogen and oxygen atoms in total. The summed E-state index contributed by atoms with van der Waals surface area (Å²) in [6.45, 7) is 3.15. The Hall–Kier alpha value is -1.82. The molecule has 116 valence electrons. The molecule has 2 heterocycles. The number of esters is 1. The molecule has 0 atom stereocenters. The summed E-state index contributed by atoms with van der Waals surface area (Å²) < 4.78 is 4.67. The van der Waals surface area contributed by atoms with E-state index in [-0.39, 0.29) is 5.69 Å². The van der Waals surface area contributed by atoms with Crippen LogP contribution in [-0.4, -0.2) is 49.6 Å². The van der Waals surface area contributed by atoms with E-state index in [1.807, 2.05) is 0 Å². The lowest BCUT2D eigenvalue weighted by atomic mass is 9.94. The smallest absolute Gasteiger partial charge is 0.356 e. The van der Waals surface area contributed by atoms with Crippen molar-refractivity contribution in [2.75, 3.05) is 44.8 Å². The molecule has 1 aromatic heterocycles. The molecule has 1 aromatic rings. The van der Waals surface area contributed by atoms with Gasteiger partial charge in [0.05, 0.1) is 12.8 Å². The third kappa shape index (κ3) is 4.32. The lowest BCUT2D eigenvalue weighted by Gasteiger charge is -2.28. The Kier molecular flexibility index (Phi) is 5.38. The molecule has 6 heteroatoms. The molecular weight excluding hydrogens is 268 g/mol. The highest BCUT2D eigenvalue weighted by Gasteiger charge is 2.16. The molecule has 0 saturated carbocycles. The van der Waals surface area contributed by atoms with Crippen LogP contribution in [0.15, 0.2) is 12.1 Å². The van der Waals surface area contributed by atoms with E-state index in [4.69, 9.17) is 5.73 Å². The average Bonchev–Trinajstić information content (AvgIpc) is 2.50. The van der Waals surface area contributed by atoms with Crippen molar-refractivity contribution >= 4 is 17.5 Å². The highest BCUT2D eigenvalue weighted by Crippen LogP contribution is 2.21. The zero-order valence-corrected chi connectivity index (χ0v) is 12.8. The SMILES string of the molecule is COC(=O)c1ccc(N)c(NCCC2CCN(C)CC2)n1. The number of aromatic nitrogens is 1. The zero-order valence-electron chi connectivity index (χ0n) is 12.8. The topological polar surface area (TPSA) is 80.5 Å². The van der Waals surface area contributed by atoms with Gasteiger partial charge in [-0.3, -0.25) is 0 Å². The molecule has 1 aliphatic rings. The summed E-state index contributed by atoms with van der Waals surface area (Å²) >= 11 is 0. The van der Waals surface area contributed by atoms with Crippen molar-refractivity contribution in [3.8, 4) is 0 Å². The molecule has 2 rings (SSSR count). The number of hydrogen-bond acceptors (Lipinski definition) is 6. The molecular formula is C15H24N4O2. The first kappa shape index (κ1) is 15.6. The molecule has 1 fully saturated rings. The summed E-state index contributed by atoms with van der Waals surface area (Å²) in [7, 11) is 3.50. The number of piperidine rings is 1. The number of anilines is 2. The van der Waals surface area contributed by atoms with Crippen LogP contribution in [0.2, 0.25) is 0 Å². The molecule has 1 saturated heterocycles. The Labute approximate surface area is 125 Å². The first-order valence-electron chi connectivity index (χ1n) is 7.37. The third-order valence-corrected chi connectivity index (χ3v) is 4.00. The van der Waals surface area contributed by atoms with Crippen molar-refractivity contribution in [2.24, 2.45) is 5.92 Å². The van der Waals surface area contributed by atoms with Crippen molar-refractivity contribution < 1.29 is 9.53 Å². The van der Waals surface area contributed by atoms with Gasteiger partial charge in [-0.2, -0.15) is 0 Å². The number of nitrogens with one attached hydrogen (secondary N) is 1. The van der Waals surface area contributed by atoms with Crippen LogP contribution in [0.5, 0.6) is 0 Å². The van der Waals surface area contributed by atoms with E-state index in [9.17, 15) is 4.79 Å². The summed E-state index contributed by atoms with van der Waals surface area (Å²) in [5.74, 6) is 0.859. The average molecular weight is 292 g/mol. The molecule has 0 unspecified atom stereocenters. The molecule has 0 aliphatic carbocycles. The molecule has 0 spiro atoms. The number of nitrogens with two attached hydrogens (primary N) is 1. The fourth-order valence-electron chi connectivity index (χ4n) is 2.58. The standard InChI is InChI=1S/C15H24N4O2/c1-19-9-6-11(7-10-19)5-8-17-14-12(16)3-4-13(18-14)15(20)21-2/h3-4,11H,5-10,16H2,1-2H3,(H,17,18). The molecule has 0 radical (unpaired) electrons. The van der Waals surface area contributed by atoms with Crippen molar-refractivity contribution in [1.82, 2.24) is 9.88 Å². The predicted octanol–water partition coefficient (Wildman–Crippen LogP) is 1.59. The molecule has 0 aromatic carbocycles. The monoisotopic (exact) mass is 292 g/mol. The van der Waals surface area contributed by atoms with Crippen LogP contribution in [0.3, 0.4) is 0 Å². The van der Waals surface area contributed by atoms with E-state index in [0.29, 0.717) is 11.5 Å². The number of nitrogens with zero attached hydrogens (tertiary/aromatic N) is 2. The highest BCUT2D eigenvalue weighted by molar-refractivity contribution is 5.88. The summed E-state index contributed by atoms with van der Waals surface area (Å²) in [5.41, 5.74) is 6.70. The summed E-state index contributed by atoms with van der Waals surface area (Å²) in [6, 6.07) is 3.25. The van der Waals surface area contributed by atoms with Crippen molar-refractivity contribution in [3.05, 3.63) is 17.8 Å². The number of hydrogen-bond donors (Lipinski definition) is 2. The van der Waals surface area contributed by atoms with Crippen molar-refractivity contribution in [2.45, 2.75) is 19.3 Å². The lowest BCUT2D eigenvalue weighted by Crippen LogP contribution is -2.30. The number of ether oxygens (including phenoxy) is 1. The summed E-state index contributed by atoms with van der Waals surface area (Å²) in [6.07, 6.45) is 3.57. The van der Waals surface area contributed by atoms with Gasteiger partial charge in [-0.25, -0.2) is 9.78 Å². The second-order valence-electron chi connectivity index (χ2n) is 5.59. The van der Waals surface area contributed by atoms with Gasteiger partial charge >= 0.3 is 5.97 Å². The van der Waals surface area contributed by atoms with Crippen LogP contribution in [0, 0.1) is 5.92 Å². The van der Waals surface area contributed by atoms with Gasteiger partial charge in [0.2, 0.25) is 0 Å². The van der Waals surface area contributed by atoms with Crippen LogP contribution in [0.25, 0.3) is 0 Å². The first-order chi connectivity index (χ1) is 10.1. The van der Waals surface area contributed by atoms with Crippen LogP contribution >= 0.6 is 0 Å². The van der Waals surface area contributed by atoms with Crippen molar-refractivity contribution in [1.29, 1.82) is 0 Å². The van der Waals surface area contributed by atoms with Crippen LogP contribution < -0.4 is 11.1 Å². The molecule has 21 heavy (non-hydrogen) atoms. The zero-order chi connectivity index (χ0) is 15.2. The van der Waals surface area contributed by atoms with E-state index < -0.39 is 5.97 Å². The fraction of sp³-hybridized carbons (Fsp3) is 0.600. The second-order valence-corrected chi connectivity index (χ2v) is 5.59. The Bertz CT molecular complexity index is 485. The largest absolute Gasteiger partial charge is 0.464 e. The number of pyridine rings is 1. The van der Waals surface area contributed by atoms with Gasteiger partial charge in [0.25, 0.3) is 0 Å². The minimum absolute atomic E-state index is 0.272. The minimum atomic E-state index is -0.451. The van der Waals surface area contributed by atoms with Gasteiger partial charge in [0.15, 0.2) is 5.69 Å². The van der Waals surface area contributed by atoms with Gasteiger partial charge in [-0.15, -0.1) is 0 Å². The predicted molar refractivity (Wildman–Crippen MR) is 83.3 cm³/mol. The van der Waals surface area contributed by atoms with Crippen LogP contribution in [0.1, 0.15) is 29.8 Å². The Balaban J connectivity index is 1.86. The lowest BCUT2D eigenvalue weighted by molar-refractivity contribution is 0.0594. The number of rotatable bonds is 5. The first-order valence-corrected chi connectivity index (χ1v) is 7.37. The quantitative estimate of drug-likeness (QED) is 0.802. The van der Waals surface area contributed by atoms with Gasteiger partial charge < -0.3 is 20.7 Å². The minimum Gasteiger partial charge on any atom is -0.464 e. The van der Waals surface area contributed by atoms with Crippen molar-refractivity contribution in [3.63, 3.8) is 0 Å². The molecule has 1 aliphatic heterocycles. The van der Waals surface area contributed by atoms with E-state index in [1.165, 1.54) is 33.0 Å². The number of carbonyl (C=O) groups excluding carboxylic acids is 1. The molecule has 0 amide bonds. The molecule has 0 bridgehead atoms. The maximum Gasteiger partial charge on any atom is 0.356 e. The summed E-state index contributed by atoms with van der Waals surface area (Å²) in [5, 5.41) is 3.23. The number of carbonyl (C=O) groups is 1. The number of likely N-dealkylation sites (tertiary alicyclic amines) is 1. The second kappa shape index (κ2) is 7.26. The normalized spacial score (nSPS) is 16.7. The fourth-order valence-corrected chi connectivity index (χ4v) is 2.58.